The summed E-state index contributed by atoms with van der Waals surface area (Å²) in [6.45, 7) is 3.95. The van der Waals surface area contributed by atoms with E-state index in [0.29, 0.717) is 11.4 Å². The number of ether oxygens (including phenoxy) is 2. The first kappa shape index (κ1) is 19.4. The first-order chi connectivity index (χ1) is 10.7. The zero-order chi connectivity index (χ0) is 17.5. The van der Waals surface area contributed by atoms with Gasteiger partial charge < -0.3 is 14.8 Å². The van der Waals surface area contributed by atoms with E-state index in [9.17, 15) is 13.2 Å². The van der Waals surface area contributed by atoms with Crippen LogP contribution in [0.3, 0.4) is 0 Å². The van der Waals surface area contributed by atoms with Gasteiger partial charge >= 0.3 is 0 Å². The molecule has 0 fully saturated rings. The molecule has 0 spiro atoms. The number of rotatable bonds is 9. The molecule has 0 saturated heterocycles. The zero-order valence-corrected chi connectivity index (χ0v) is 14.7. The second-order valence-corrected chi connectivity index (χ2v) is 7.31. The number of carbonyl (C=O) groups excluding carboxylic acids is 1. The van der Waals surface area contributed by atoms with Crippen LogP contribution >= 0.6 is 0 Å². The molecule has 0 heterocycles. The molecule has 0 unspecified atom stereocenters. The van der Waals surface area contributed by atoms with Crippen LogP contribution in [0.1, 0.15) is 13.8 Å². The number of amides is 1. The van der Waals surface area contributed by atoms with Gasteiger partial charge in [-0.15, -0.1) is 0 Å². The van der Waals surface area contributed by atoms with Gasteiger partial charge in [0.1, 0.15) is 5.75 Å². The standard InChI is InChI=1S/C15H24N2O5S/c1-12(2)22-14-7-5-13(6-8-14)16-15(18)11-17(9-10-21-3)23(4,19)20/h5-8,12H,9-11H2,1-4H3,(H,16,18). The largest absolute Gasteiger partial charge is 0.491 e. The Labute approximate surface area is 137 Å². The third kappa shape index (κ3) is 7.45. The monoisotopic (exact) mass is 344 g/mol. The average molecular weight is 344 g/mol. The van der Waals surface area contributed by atoms with Gasteiger partial charge in [-0.05, 0) is 38.1 Å². The van der Waals surface area contributed by atoms with E-state index in [1.54, 1.807) is 24.3 Å². The highest BCUT2D eigenvalue weighted by Gasteiger charge is 2.19. The van der Waals surface area contributed by atoms with Gasteiger partial charge in [-0.1, -0.05) is 0 Å². The summed E-state index contributed by atoms with van der Waals surface area (Å²) >= 11 is 0. The first-order valence-electron chi connectivity index (χ1n) is 7.23. The van der Waals surface area contributed by atoms with Gasteiger partial charge in [0.2, 0.25) is 15.9 Å². The number of benzene rings is 1. The molecule has 0 bridgehead atoms. The van der Waals surface area contributed by atoms with E-state index in [0.717, 1.165) is 10.6 Å². The van der Waals surface area contributed by atoms with E-state index in [-0.39, 0.29) is 25.8 Å². The molecule has 1 aromatic rings. The first-order valence-corrected chi connectivity index (χ1v) is 9.08. The molecule has 0 aliphatic rings. The van der Waals surface area contributed by atoms with E-state index in [4.69, 9.17) is 9.47 Å². The molecule has 8 heteroatoms. The van der Waals surface area contributed by atoms with Gasteiger partial charge in [0, 0.05) is 19.3 Å². The summed E-state index contributed by atoms with van der Waals surface area (Å²) in [6.07, 6.45) is 1.13. The summed E-state index contributed by atoms with van der Waals surface area (Å²) in [6, 6.07) is 6.90. The lowest BCUT2D eigenvalue weighted by atomic mass is 10.3. The Morgan fingerprint density at radius 3 is 2.35 bits per heavy atom. The van der Waals surface area contributed by atoms with Crippen molar-refractivity contribution >= 4 is 21.6 Å². The van der Waals surface area contributed by atoms with Crippen LogP contribution in [0.5, 0.6) is 5.75 Å². The topological polar surface area (TPSA) is 84.9 Å². The van der Waals surface area contributed by atoms with Crippen molar-refractivity contribution in [2.75, 3.05) is 38.4 Å². The molecule has 0 saturated carbocycles. The lowest BCUT2D eigenvalue weighted by Gasteiger charge is -2.19. The molecule has 1 rings (SSSR count). The van der Waals surface area contributed by atoms with Crippen molar-refractivity contribution in [2.24, 2.45) is 0 Å². The molecule has 7 nitrogen and oxygen atoms in total. The number of sulfonamides is 1. The summed E-state index contributed by atoms with van der Waals surface area (Å²) in [5.41, 5.74) is 0.575. The highest BCUT2D eigenvalue weighted by atomic mass is 32.2. The maximum absolute atomic E-state index is 12.0. The van der Waals surface area contributed by atoms with Crippen molar-refractivity contribution in [3.05, 3.63) is 24.3 Å². The molecule has 0 aromatic heterocycles. The van der Waals surface area contributed by atoms with Crippen LogP contribution < -0.4 is 10.1 Å². The second kappa shape index (κ2) is 8.85. The van der Waals surface area contributed by atoms with E-state index < -0.39 is 15.9 Å². The van der Waals surface area contributed by atoms with Crippen molar-refractivity contribution in [1.29, 1.82) is 0 Å². The second-order valence-electron chi connectivity index (χ2n) is 5.33. The van der Waals surface area contributed by atoms with Gasteiger partial charge in [0.05, 0.1) is 25.5 Å². The Bertz CT molecular complexity index is 599. The molecule has 0 aliphatic heterocycles. The molecule has 1 amide bonds. The molecule has 23 heavy (non-hydrogen) atoms. The van der Waals surface area contributed by atoms with Crippen molar-refractivity contribution in [3.8, 4) is 5.75 Å². The van der Waals surface area contributed by atoms with Gasteiger partial charge in [-0.3, -0.25) is 4.79 Å². The number of anilines is 1. The Hall–Kier alpha value is -1.64. The average Bonchev–Trinajstić information content (AvgIpc) is 2.43. The van der Waals surface area contributed by atoms with Gasteiger partial charge in [-0.2, -0.15) is 4.31 Å². The fraction of sp³-hybridized carbons (Fsp3) is 0.533. The van der Waals surface area contributed by atoms with Gasteiger partial charge in [0.15, 0.2) is 0 Å². The fourth-order valence-electron chi connectivity index (χ4n) is 1.80. The maximum Gasteiger partial charge on any atom is 0.239 e. The summed E-state index contributed by atoms with van der Waals surface area (Å²) in [5, 5.41) is 2.66. The number of carbonyl (C=O) groups is 1. The molecule has 1 N–H and O–H groups in total. The highest BCUT2D eigenvalue weighted by Crippen LogP contribution is 2.17. The van der Waals surface area contributed by atoms with Crippen LogP contribution in [0.25, 0.3) is 0 Å². The molecular formula is C15H24N2O5S. The van der Waals surface area contributed by atoms with Crippen molar-refractivity contribution in [3.63, 3.8) is 0 Å². The summed E-state index contributed by atoms with van der Waals surface area (Å²) < 4.78 is 34.7. The summed E-state index contributed by atoms with van der Waals surface area (Å²) in [7, 11) is -2.00. The van der Waals surface area contributed by atoms with Crippen LogP contribution in [-0.2, 0) is 19.6 Å². The van der Waals surface area contributed by atoms with E-state index >= 15 is 0 Å². The van der Waals surface area contributed by atoms with E-state index in [2.05, 4.69) is 5.32 Å². The number of hydrogen-bond donors (Lipinski definition) is 1. The minimum absolute atomic E-state index is 0.0690. The smallest absolute Gasteiger partial charge is 0.239 e. The van der Waals surface area contributed by atoms with Crippen LogP contribution in [0, 0.1) is 0 Å². The Kier molecular flexibility index (Phi) is 7.47. The molecule has 0 aliphatic carbocycles. The van der Waals surface area contributed by atoms with Crippen molar-refractivity contribution in [2.45, 2.75) is 20.0 Å². The normalized spacial score (nSPS) is 11.7. The minimum Gasteiger partial charge on any atom is -0.491 e. The molecule has 0 radical (unpaired) electrons. The van der Waals surface area contributed by atoms with E-state index in [1.165, 1.54) is 7.11 Å². The number of hydrogen-bond acceptors (Lipinski definition) is 5. The predicted octanol–water partition coefficient (Wildman–Crippen LogP) is 1.32. The molecule has 0 atom stereocenters. The maximum atomic E-state index is 12.0. The summed E-state index contributed by atoms with van der Waals surface area (Å²) in [4.78, 5) is 12.0. The zero-order valence-electron chi connectivity index (χ0n) is 13.9. The predicted molar refractivity (Wildman–Crippen MR) is 89.1 cm³/mol. The number of nitrogens with one attached hydrogen (secondary N) is 1. The van der Waals surface area contributed by atoms with Crippen LogP contribution in [-0.4, -0.2) is 57.8 Å². The number of methoxy groups -OCH3 is 1. The van der Waals surface area contributed by atoms with Crippen molar-refractivity contribution in [1.82, 2.24) is 4.31 Å². The van der Waals surface area contributed by atoms with E-state index in [1.807, 2.05) is 13.8 Å². The Balaban J connectivity index is 2.63. The van der Waals surface area contributed by atoms with Crippen LogP contribution in [0.15, 0.2) is 24.3 Å². The Morgan fingerprint density at radius 1 is 1.26 bits per heavy atom. The molecule has 1 aromatic carbocycles. The SMILES string of the molecule is COCCN(CC(=O)Nc1ccc(OC(C)C)cc1)S(C)(=O)=O. The third-order valence-electron chi connectivity index (χ3n) is 2.84. The van der Waals surface area contributed by atoms with Gasteiger partial charge in [-0.25, -0.2) is 8.42 Å². The Morgan fingerprint density at radius 2 is 1.87 bits per heavy atom. The molecular weight excluding hydrogens is 320 g/mol. The van der Waals surface area contributed by atoms with Crippen LogP contribution in [0.4, 0.5) is 5.69 Å². The van der Waals surface area contributed by atoms with Crippen molar-refractivity contribution < 1.29 is 22.7 Å². The molecule has 130 valence electrons. The summed E-state index contributed by atoms with van der Waals surface area (Å²) in [5.74, 6) is 0.292. The fourth-order valence-corrected chi connectivity index (χ4v) is 2.56. The van der Waals surface area contributed by atoms with Crippen LogP contribution in [0.2, 0.25) is 0 Å². The lowest BCUT2D eigenvalue weighted by molar-refractivity contribution is -0.116. The van der Waals surface area contributed by atoms with Gasteiger partial charge in [0.25, 0.3) is 0 Å². The number of nitrogens with zero attached hydrogens (tertiary/aromatic N) is 1. The minimum atomic E-state index is -3.47. The lowest BCUT2D eigenvalue weighted by Crippen LogP contribution is -2.39. The third-order valence-corrected chi connectivity index (χ3v) is 4.09. The highest BCUT2D eigenvalue weighted by molar-refractivity contribution is 7.88. The quantitative estimate of drug-likeness (QED) is 0.730.